The Hall–Kier alpha value is -3.62. The van der Waals surface area contributed by atoms with Crippen molar-refractivity contribution in [3.8, 4) is 6.07 Å². The molecule has 4 amide bonds. The van der Waals surface area contributed by atoms with Crippen LogP contribution in [0.1, 0.15) is 39.2 Å². The van der Waals surface area contributed by atoms with Crippen LogP contribution in [0.4, 0.5) is 18.9 Å². The summed E-state index contributed by atoms with van der Waals surface area (Å²) in [6.07, 6.45) is -4.93. The highest BCUT2D eigenvalue weighted by Gasteiger charge is 2.56. The average molecular weight is 508 g/mol. The Balaban J connectivity index is 1.88. The second kappa shape index (κ2) is 9.79. The summed E-state index contributed by atoms with van der Waals surface area (Å²) < 4.78 is 37.9. The molecule has 4 atom stereocenters. The van der Waals surface area contributed by atoms with Crippen LogP contribution in [0.2, 0.25) is 0 Å². The minimum Gasteiger partial charge on any atom is -0.337 e. The lowest BCUT2D eigenvalue weighted by Crippen LogP contribution is -2.56. The van der Waals surface area contributed by atoms with E-state index in [1.807, 2.05) is 0 Å². The standard InChI is InChI=1S/C24H28F3N5O4/c1-13(2)9-18(31(4)19(33)14(3)29-22(36)24(25,26)27)20(34)32-12-23(10-15(32)11-28)16-7-5-6-8-17(16)30-21(23)35/h5-8,13-15,18H,9-10,12H2,1-4H3,(H,29,36)(H,30,35)/t14-,15-,18-,23-/m0/s1. The predicted octanol–water partition coefficient (Wildman–Crippen LogP) is 1.94. The topological polar surface area (TPSA) is 123 Å². The number of nitrogens with zero attached hydrogens (tertiary/aromatic N) is 3. The van der Waals surface area contributed by atoms with Gasteiger partial charge in [0, 0.05) is 25.7 Å². The molecule has 1 aromatic carbocycles. The number of benzene rings is 1. The van der Waals surface area contributed by atoms with Gasteiger partial charge in [-0.3, -0.25) is 19.2 Å². The summed E-state index contributed by atoms with van der Waals surface area (Å²) in [6, 6.07) is 5.49. The number of nitriles is 1. The number of carbonyl (C=O) groups is 4. The van der Waals surface area contributed by atoms with E-state index in [1.54, 1.807) is 43.4 Å². The van der Waals surface area contributed by atoms with Gasteiger partial charge in [-0.2, -0.15) is 18.4 Å². The van der Waals surface area contributed by atoms with E-state index in [-0.39, 0.29) is 31.2 Å². The summed E-state index contributed by atoms with van der Waals surface area (Å²) in [6.45, 7) is 4.63. The van der Waals surface area contributed by atoms with Gasteiger partial charge in [0.05, 0.1) is 11.5 Å². The molecule has 1 aromatic rings. The number of para-hydroxylation sites is 1. The number of carbonyl (C=O) groups excluding carboxylic acids is 4. The minimum absolute atomic E-state index is 0.0716. The van der Waals surface area contributed by atoms with E-state index >= 15 is 0 Å². The van der Waals surface area contributed by atoms with Gasteiger partial charge in [0.1, 0.15) is 18.1 Å². The van der Waals surface area contributed by atoms with Gasteiger partial charge in [-0.1, -0.05) is 32.0 Å². The Morgan fingerprint density at radius 3 is 2.50 bits per heavy atom. The van der Waals surface area contributed by atoms with Crippen LogP contribution in [0.15, 0.2) is 24.3 Å². The summed E-state index contributed by atoms with van der Waals surface area (Å²) >= 11 is 0. The van der Waals surface area contributed by atoms with Crippen molar-refractivity contribution in [2.24, 2.45) is 5.92 Å². The van der Waals surface area contributed by atoms with Crippen molar-refractivity contribution in [1.82, 2.24) is 15.1 Å². The lowest BCUT2D eigenvalue weighted by molar-refractivity contribution is -0.175. The maximum Gasteiger partial charge on any atom is 0.471 e. The van der Waals surface area contributed by atoms with Gasteiger partial charge in [0.15, 0.2) is 0 Å². The average Bonchev–Trinajstić information content (AvgIpc) is 3.33. The van der Waals surface area contributed by atoms with E-state index in [1.165, 1.54) is 11.9 Å². The number of fused-ring (bicyclic) bond motifs is 2. The molecule has 194 valence electrons. The molecule has 0 aromatic heterocycles. The molecule has 9 nitrogen and oxygen atoms in total. The molecule has 2 aliphatic rings. The maximum absolute atomic E-state index is 13.7. The molecule has 2 aliphatic heterocycles. The molecule has 0 radical (unpaired) electrons. The highest BCUT2D eigenvalue weighted by atomic mass is 19.4. The van der Waals surface area contributed by atoms with Crippen LogP contribution in [0.25, 0.3) is 0 Å². The Bertz CT molecular complexity index is 1120. The third kappa shape index (κ3) is 4.87. The number of anilines is 1. The fraction of sp³-hybridized carbons (Fsp3) is 0.542. The van der Waals surface area contributed by atoms with Crippen molar-refractivity contribution < 1.29 is 32.3 Å². The van der Waals surface area contributed by atoms with E-state index in [0.717, 1.165) is 11.8 Å². The van der Waals surface area contributed by atoms with Gasteiger partial charge in [-0.05, 0) is 30.9 Å². The molecule has 2 heterocycles. The second-order valence-electron chi connectivity index (χ2n) is 9.68. The number of nitrogens with one attached hydrogen (secondary N) is 2. The fourth-order valence-electron chi connectivity index (χ4n) is 4.85. The van der Waals surface area contributed by atoms with Crippen LogP contribution < -0.4 is 10.6 Å². The molecule has 1 spiro atoms. The molecule has 1 fully saturated rings. The molecule has 0 saturated carbocycles. The summed E-state index contributed by atoms with van der Waals surface area (Å²) in [4.78, 5) is 53.2. The number of alkyl halides is 3. The molecule has 0 unspecified atom stereocenters. The van der Waals surface area contributed by atoms with Gasteiger partial charge in [0.2, 0.25) is 17.7 Å². The first-order valence-electron chi connectivity index (χ1n) is 11.5. The van der Waals surface area contributed by atoms with Gasteiger partial charge in [0.25, 0.3) is 0 Å². The molecular formula is C24H28F3N5O4. The van der Waals surface area contributed by atoms with Crippen molar-refractivity contribution in [3.63, 3.8) is 0 Å². The molecule has 3 rings (SSSR count). The Kier molecular flexibility index (Phi) is 7.34. The largest absolute Gasteiger partial charge is 0.471 e. The van der Waals surface area contributed by atoms with E-state index < -0.39 is 47.4 Å². The van der Waals surface area contributed by atoms with Crippen molar-refractivity contribution in [2.75, 3.05) is 18.9 Å². The summed E-state index contributed by atoms with van der Waals surface area (Å²) in [5.74, 6) is -4.16. The zero-order valence-electron chi connectivity index (χ0n) is 20.3. The normalized spacial score (nSPS) is 22.6. The van der Waals surface area contributed by atoms with E-state index in [4.69, 9.17) is 0 Å². The number of amides is 4. The lowest BCUT2D eigenvalue weighted by atomic mass is 9.80. The predicted molar refractivity (Wildman–Crippen MR) is 122 cm³/mol. The Morgan fingerprint density at radius 1 is 1.28 bits per heavy atom. The van der Waals surface area contributed by atoms with Crippen LogP contribution in [-0.2, 0) is 24.6 Å². The summed E-state index contributed by atoms with van der Waals surface area (Å²) in [5, 5.41) is 14.2. The van der Waals surface area contributed by atoms with E-state index in [9.17, 15) is 37.6 Å². The van der Waals surface area contributed by atoms with Crippen LogP contribution in [0, 0.1) is 17.2 Å². The number of halogens is 3. The van der Waals surface area contributed by atoms with Gasteiger partial charge in [-0.15, -0.1) is 0 Å². The van der Waals surface area contributed by atoms with Crippen molar-refractivity contribution in [1.29, 1.82) is 5.26 Å². The molecular weight excluding hydrogens is 479 g/mol. The SMILES string of the molecule is CC(C)C[C@@H](C(=O)N1C[C@]2(C[C@H]1C#N)C(=O)Nc1ccccc12)N(C)C(=O)[C@H](C)NC(=O)C(F)(F)F. The Labute approximate surface area is 206 Å². The van der Waals surface area contributed by atoms with Gasteiger partial charge in [-0.25, -0.2) is 0 Å². The summed E-state index contributed by atoms with van der Waals surface area (Å²) in [5.41, 5.74) is 0.165. The van der Waals surface area contributed by atoms with Crippen molar-refractivity contribution in [3.05, 3.63) is 29.8 Å². The fourth-order valence-corrected chi connectivity index (χ4v) is 4.85. The number of hydrogen-bond donors (Lipinski definition) is 2. The zero-order chi connectivity index (χ0) is 27.0. The van der Waals surface area contributed by atoms with Crippen molar-refractivity contribution in [2.45, 2.75) is 63.3 Å². The molecule has 12 heteroatoms. The molecule has 0 bridgehead atoms. The maximum atomic E-state index is 13.7. The first-order valence-corrected chi connectivity index (χ1v) is 11.5. The van der Waals surface area contributed by atoms with E-state index in [2.05, 4.69) is 11.4 Å². The van der Waals surface area contributed by atoms with E-state index in [0.29, 0.717) is 11.3 Å². The first kappa shape index (κ1) is 27.0. The number of rotatable bonds is 6. The molecule has 1 saturated heterocycles. The minimum atomic E-state index is -5.16. The quantitative estimate of drug-likeness (QED) is 0.609. The number of likely N-dealkylation sites (tertiary alicyclic amines) is 1. The van der Waals surface area contributed by atoms with Gasteiger partial charge >= 0.3 is 12.1 Å². The smallest absolute Gasteiger partial charge is 0.337 e. The summed E-state index contributed by atoms with van der Waals surface area (Å²) in [7, 11) is 1.27. The number of hydrogen-bond acceptors (Lipinski definition) is 5. The van der Waals surface area contributed by atoms with Gasteiger partial charge < -0.3 is 20.4 Å². The van der Waals surface area contributed by atoms with Crippen LogP contribution in [0.5, 0.6) is 0 Å². The highest BCUT2D eigenvalue weighted by molar-refractivity contribution is 6.07. The zero-order valence-corrected chi connectivity index (χ0v) is 20.3. The molecule has 2 N–H and O–H groups in total. The third-order valence-electron chi connectivity index (χ3n) is 6.69. The van der Waals surface area contributed by atoms with Crippen LogP contribution >= 0.6 is 0 Å². The second-order valence-corrected chi connectivity index (χ2v) is 9.68. The van der Waals surface area contributed by atoms with Crippen LogP contribution in [0.3, 0.4) is 0 Å². The third-order valence-corrected chi connectivity index (χ3v) is 6.69. The van der Waals surface area contributed by atoms with Crippen molar-refractivity contribution >= 4 is 29.3 Å². The monoisotopic (exact) mass is 507 g/mol. The van der Waals surface area contributed by atoms with Crippen LogP contribution in [-0.4, -0.2) is 71.3 Å². The highest BCUT2D eigenvalue weighted by Crippen LogP contribution is 2.46. The Morgan fingerprint density at radius 2 is 1.92 bits per heavy atom. The lowest BCUT2D eigenvalue weighted by Gasteiger charge is -2.34. The number of likely N-dealkylation sites (N-methyl/N-ethyl adjacent to an activating group) is 1. The molecule has 36 heavy (non-hydrogen) atoms. The first-order chi connectivity index (χ1) is 16.7. The molecule has 0 aliphatic carbocycles.